The van der Waals surface area contributed by atoms with Crippen LogP contribution in [0, 0.1) is 0 Å². The van der Waals surface area contributed by atoms with E-state index in [2.05, 4.69) is 0 Å². The molecule has 24 heavy (non-hydrogen) atoms. The summed E-state index contributed by atoms with van der Waals surface area (Å²) in [4.78, 5) is 14.2. The number of ether oxygens (including phenoxy) is 1. The Morgan fingerprint density at radius 3 is 2.58 bits per heavy atom. The lowest BCUT2D eigenvalue weighted by Gasteiger charge is -2.35. The van der Waals surface area contributed by atoms with Crippen molar-refractivity contribution in [1.82, 2.24) is 4.90 Å². The molecule has 3 nitrogen and oxygen atoms in total. The van der Waals surface area contributed by atoms with E-state index in [1.807, 2.05) is 26.8 Å². The van der Waals surface area contributed by atoms with Crippen molar-refractivity contribution in [2.45, 2.75) is 64.1 Å². The normalized spacial score (nSPS) is 23.4. The van der Waals surface area contributed by atoms with Crippen molar-refractivity contribution in [3.8, 4) is 0 Å². The van der Waals surface area contributed by atoms with E-state index in [1.54, 1.807) is 23.1 Å². The first kappa shape index (κ1) is 16.9. The van der Waals surface area contributed by atoms with Crippen LogP contribution in [0.1, 0.15) is 57.6 Å². The molecule has 3 rings (SSSR count). The summed E-state index contributed by atoms with van der Waals surface area (Å²) < 4.78 is 32.0. The number of hydrogen-bond acceptors (Lipinski definition) is 2. The molecule has 2 unspecified atom stereocenters. The number of alkyl halides is 2. The minimum Gasteiger partial charge on any atom is -0.444 e. The van der Waals surface area contributed by atoms with E-state index in [0.29, 0.717) is 12.0 Å². The lowest BCUT2D eigenvalue weighted by molar-refractivity contribution is 0.0175. The Kier molecular flexibility index (Phi) is 4.37. The third-order valence-corrected chi connectivity index (χ3v) is 4.54. The first-order valence-corrected chi connectivity index (χ1v) is 8.36. The maximum absolute atomic E-state index is 13.3. The van der Waals surface area contributed by atoms with Gasteiger partial charge in [0.2, 0.25) is 0 Å². The van der Waals surface area contributed by atoms with E-state index in [4.69, 9.17) is 4.74 Å². The van der Waals surface area contributed by atoms with Crippen molar-refractivity contribution in [2.24, 2.45) is 0 Å². The highest BCUT2D eigenvalue weighted by Gasteiger charge is 2.42. The molecule has 0 aliphatic carbocycles. The van der Waals surface area contributed by atoms with E-state index >= 15 is 0 Å². The van der Waals surface area contributed by atoms with Gasteiger partial charge in [-0.3, -0.25) is 4.90 Å². The molecule has 0 saturated carbocycles. The zero-order valence-electron chi connectivity index (χ0n) is 14.3. The fourth-order valence-corrected chi connectivity index (χ4v) is 3.61. The smallest absolute Gasteiger partial charge is 0.411 e. The monoisotopic (exact) mass is 335 g/mol. The lowest BCUT2D eigenvalue weighted by Crippen LogP contribution is -2.45. The number of carbonyl (C=O) groups excluding carboxylic acids is 1. The van der Waals surface area contributed by atoms with Gasteiger partial charge in [-0.25, -0.2) is 13.6 Å². The summed E-state index contributed by atoms with van der Waals surface area (Å²) in [7, 11) is 0. The summed E-state index contributed by atoms with van der Waals surface area (Å²) in [6, 6.07) is 6.59. The second kappa shape index (κ2) is 6.19. The van der Waals surface area contributed by atoms with Crippen LogP contribution in [0.5, 0.6) is 0 Å². The summed E-state index contributed by atoms with van der Waals surface area (Å²) in [5, 5.41) is 0. The molecular formula is C19H23F2NO2. The standard InChI is InChI=1S/C19H23F2NO2/c1-19(2,3)24-18(23)22-13-8-9-14(22)11-12(10-13)15-6-4-5-7-16(15)17(20)21/h4-7,10,13-14,17H,8-9,11H2,1-3H3. The molecule has 2 aliphatic heterocycles. The van der Waals surface area contributed by atoms with Gasteiger partial charge in [-0.1, -0.05) is 30.3 Å². The molecule has 2 atom stereocenters. The average Bonchev–Trinajstić information content (AvgIpc) is 2.76. The molecule has 2 aliphatic rings. The van der Waals surface area contributed by atoms with Crippen LogP contribution < -0.4 is 0 Å². The van der Waals surface area contributed by atoms with Crippen LogP contribution in [0.25, 0.3) is 5.57 Å². The van der Waals surface area contributed by atoms with Crippen molar-refractivity contribution in [2.75, 3.05) is 0 Å². The second-order valence-electron chi connectivity index (χ2n) is 7.47. The van der Waals surface area contributed by atoms with Gasteiger partial charge in [0.25, 0.3) is 6.43 Å². The van der Waals surface area contributed by atoms with E-state index in [-0.39, 0.29) is 23.7 Å². The number of hydrogen-bond donors (Lipinski definition) is 0. The molecule has 0 spiro atoms. The SMILES string of the molecule is CC(C)(C)OC(=O)N1C2C=C(c3ccccc3C(F)F)CC1CC2. The summed E-state index contributed by atoms with van der Waals surface area (Å²) >= 11 is 0. The van der Waals surface area contributed by atoms with Gasteiger partial charge >= 0.3 is 6.09 Å². The highest BCUT2D eigenvalue weighted by Crippen LogP contribution is 2.41. The maximum atomic E-state index is 13.3. The van der Waals surface area contributed by atoms with Crippen LogP contribution in [0.2, 0.25) is 0 Å². The molecule has 0 N–H and O–H groups in total. The van der Waals surface area contributed by atoms with Crippen LogP contribution in [-0.4, -0.2) is 28.7 Å². The molecule has 5 heteroatoms. The van der Waals surface area contributed by atoms with E-state index in [0.717, 1.165) is 18.4 Å². The number of halogens is 2. The van der Waals surface area contributed by atoms with Gasteiger partial charge in [0.1, 0.15) is 5.60 Å². The van der Waals surface area contributed by atoms with Gasteiger partial charge in [0.15, 0.2) is 0 Å². The van der Waals surface area contributed by atoms with Crippen LogP contribution in [0.3, 0.4) is 0 Å². The molecule has 1 amide bonds. The summed E-state index contributed by atoms with van der Waals surface area (Å²) in [5.74, 6) is 0. The number of fused-ring (bicyclic) bond motifs is 2. The number of benzene rings is 1. The van der Waals surface area contributed by atoms with Gasteiger partial charge in [-0.15, -0.1) is 0 Å². The van der Waals surface area contributed by atoms with Crippen molar-refractivity contribution in [1.29, 1.82) is 0 Å². The highest BCUT2D eigenvalue weighted by atomic mass is 19.3. The van der Waals surface area contributed by atoms with Crippen LogP contribution >= 0.6 is 0 Å². The fraction of sp³-hybridized carbons (Fsp3) is 0.526. The lowest BCUT2D eigenvalue weighted by atomic mass is 9.92. The van der Waals surface area contributed by atoms with Crippen molar-refractivity contribution in [3.63, 3.8) is 0 Å². The molecule has 0 radical (unpaired) electrons. The molecular weight excluding hydrogens is 312 g/mol. The number of rotatable bonds is 2. The van der Waals surface area contributed by atoms with Gasteiger partial charge in [-0.2, -0.15) is 0 Å². The molecule has 0 aromatic heterocycles. The Bertz CT molecular complexity index is 664. The zero-order chi connectivity index (χ0) is 17.5. The molecule has 130 valence electrons. The average molecular weight is 335 g/mol. The first-order chi connectivity index (χ1) is 11.3. The van der Waals surface area contributed by atoms with Gasteiger partial charge in [-0.05, 0) is 51.2 Å². The van der Waals surface area contributed by atoms with Gasteiger partial charge in [0.05, 0.1) is 6.04 Å². The molecule has 2 heterocycles. The van der Waals surface area contributed by atoms with Gasteiger partial charge in [0, 0.05) is 11.6 Å². The van der Waals surface area contributed by atoms with Gasteiger partial charge < -0.3 is 4.74 Å². The van der Waals surface area contributed by atoms with Crippen molar-refractivity contribution < 1.29 is 18.3 Å². The van der Waals surface area contributed by atoms with E-state index in [9.17, 15) is 13.6 Å². The summed E-state index contributed by atoms with van der Waals surface area (Å²) in [6.07, 6.45) is 1.48. The molecule has 2 bridgehead atoms. The first-order valence-electron chi connectivity index (χ1n) is 8.36. The topological polar surface area (TPSA) is 29.5 Å². The second-order valence-corrected chi connectivity index (χ2v) is 7.47. The maximum Gasteiger partial charge on any atom is 0.411 e. The van der Waals surface area contributed by atoms with Crippen LogP contribution in [-0.2, 0) is 4.74 Å². The quantitative estimate of drug-likeness (QED) is 0.745. The predicted molar refractivity (Wildman–Crippen MR) is 88.9 cm³/mol. The third kappa shape index (κ3) is 3.30. The van der Waals surface area contributed by atoms with E-state index in [1.165, 1.54) is 6.07 Å². The molecule has 1 aromatic carbocycles. The molecule has 1 aromatic rings. The minimum atomic E-state index is -2.50. The van der Waals surface area contributed by atoms with Crippen LogP contribution in [0.4, 0.5) is 13.6 Å². The van der Waals surface area contributed by atoms with Crippen LogP contribution in [0.15, 0.2) is 30.3 Å². The summed E-state index contributed by atoms with van der Waals surface area (Å²) in [6.45, 7) is 5.53. The number of nitrogens with zero attached hydrogens (tertiary/aromatic N) is 1. The predicted octanol–water partition coefficient (Wildman–Crippen LogP) is 5.18. The molecule has 1 saturated heterocycles. The fourth-order valence-electron chi connectivity index (χ4n) is 3.61. The Labute approximate surface area is 141 Å². The van der Waals surface area contributed by atoms with E-state index < -0.39 is 12.0 Å². The number of amides is 1. The largest absolute Gasteiger partial charge is 0.444 e. The Morgan fingerprint density at radius 2 is 1.96 bits per heavy atom. The highest BCUT2D eigenvalue weighted by molar-refractivity contribution is 5.76. The Balaban J connectivity index is 1.87. The Hall–Kier alpha value is -1.91. The minimum absolute atomic E-state index is 0.0237. The van der Waals surface area contributed by atoms with Crippen molar-refractivity contribution in [3.05, 3.63) is 41.5 Å². The third-order valence-electron chi connectivity index (χ3n) is 4.54. The van der Waals surface area contributed by atoms with Crippen molar-refractivity contribution >= 4 is 11.7 Å². The Morgan fingerprint density at radius 1 is 1.25 bits per heavy atom. The zero-order valence-corrected chi connectivity index (χ0v) is 14.3. The number of carbonyl (C=O) groups is 1. The molecule has 1 fully saturated rings. The summed E-state index contributed by atoms with van der Waals surface area (Å²) in [5.41, 5.74) is 1.04.